The molecule has 160 valence electrons. The van der Waals surface area contributed by atoms with Gasteiger partial charge in [0.05, 0.1) is 23.6 Å². The number of piperidine rings is 2. The normalized spacial score (nSPS) is 20.4. The summed E-state index contributed by atoms with van der Waals surface area (Å²) in [6, 6.07) is 7.74. The number of hydrogen-bond donors (Lipinski definition) is 1. The molecule has 0 unspecified atom stereocenters. The first-order valence-electron chi connectivity index (χ1n) is 10.8. The van der Waals surface area contributed by atoms with E-state index in [1.807, 2.05) is 36.1 Å². The topological polar surface area (TPSA) is 102 Å². The number of fused-ring (bicyclic) bond motifs is 1. The summed E-state index contributed by atoms with van der Waals surface area (Å²) in [5.74, 6) is 0.927. The second kappa shape index (κ2) is 8.85. The Bertz CT molecular complexity index is 926. The number of amides is 2. The monoisotopic (exact) mass is 411 g/mol. The molecule has 2 N–H and O–H groups in total. The van der Waals surface area contributed by atoms with E-state index >= 15 is 0 Å². The van der Waals surface area contributed by atoms with Crippen molar-refractivity contribution in [3.63, 3.8) is 0 Å². The molecule has 2 fully saturated rings. The summed E-state index contributed by atoms with van der Waals surface area (Å²) in [5, 5.41) is 0. The number of primary amides is 1. The highest BCUT2D eigenvalue weighted by Gasteiger charge is 2.33. The molecule has 2 aromatic rings. The van der Waals surface area contributed by atoms with Gasteiger partial charge in [-0.25, -0.2) is 9.97 Å². The number of nitrogens with zero attached hydrogens (tertiary/aromatic N) is 4. The molecular formula is C22H29N5O3. The highest BCUT2D eigenvalue weighted by Crippen LogP contribution is 2.31. The van der Waals surface area contributed by atoms with E-state index in [1.165, 1.54) is 0 Å². The Hall–Kier alpha value is -2.90. The molecule has 0 radical (unpaired) electrons. The van der Waals surface area contributed by atoms with Gasteiger partial charge in [-0.1, -0.05) is 12.1 Å². The molecule has 1 atom stereocenters. The van der Waals surface area contributed by atoms with E-state index in [0.29, 0.717) is 50.8 Å². The second-order valence-corrected chi connectivity index (χ2v) is 8.06. The van der Waals surface area contributed by atoms with Crippen LogP contribution in [0.25, 0.3) is 11.0 Å². The lowest BCUT2D eigenvalue weighted by molar-refractivity contribution is -0.138. The van der Waals surface area contributed by atoms with Crippen LogP contribution in [0.15, 0.2) is 24.3 Å². The number of benzene rings is 1. The minimum Gasteiger partial charge on any atom is -0.475 e. The zero-order chi connectivity index (χ0) is 21.1. The molecule has 0 aliphatic carbocycles. The Morgan fingerprint density at radius 1 is 1.07 bits per heavy atom. The van der Waals surface area contributed by atoms with Crippen LogP contribution in [0.4, 0.5) is 5.82 Å². The van der Waals surface area contributed by atoms with Crippen LogP contribution in [0.1, 0.15) is 32.6 Å². The molecule has 8 nitrogen and oxygen atoms in total. The van der Waals surface area contributed by atoms with E-state index in [4.69, 9.17) is 15.5 Å². The molecule has 1 aromatic carbocycles. The van der Waals surface area contributed by atoms with E-state index in [1.54, 1.807) is 0 Å². The van der Waals surface area contributed by atoms with Crippen LogP contribution >= 0.6 is 0 Å². The highest BCUT2D eigenvalue weighted by atomic mass is 16.5. The van der Waals surface area contributed by atoms with Crippen LogP contribution in [-0.2, 0) is 9.59 Å². The first kappa shape index (κ1) is 20.4. The fourth-order valence-corrected chi connectivity index (χ4v) is 4.43. The van der Waals surface area contributed by atoms with E-state index < -0.39 is 0 Å². The van der Waals surface area contributed by atoms with E-state index in [2.05, 4.69) is 9.88 Å². The Labute approximate surface area is 176 Å². The van der Waals surface area contributed by atoms with Crippen LogP contribution < -0.4 is 15.4 Å². The van der Waals surface area contributed by atoms with Gasteiger partial charge in [0.2, 0.25) is 11.8 Å². The molecule has 2 amide bonds. The van der Waals surface area contributed by atoms with Crippen molar-refractivity contribution in [2.75, 3.05) is 37.7 Å². The molecule has 2 saturated heterocycles. The zero-order valence-corrected chi connectivity index (χ0v) is 17.4. The van der Waals surface area contributed by atoms with Crippen LogP contribution in [0.5, 0.6) is 5.88 Å². The third-order valence-corrected chi connectivity index (χ3v) is 6.08. The molecule has 0 spiro atoms. The smallest absolute Gasteiger partial charge is 0.258 e. The maximum atomic E-state index is 13.1. The number of ether oxygens (including phenoxy) is 1. The van der Waals surface area contributed by atoms with Crippen LogP contribution in [0, 0.1) is 11.8 Å². The van der Waals surface area contributed by atoms with Gasteiger partial charge in [0.15, 0.2) is 5.82 Å². The van der Waals surface area contributed by atoms with Crippen LogP contribution in [-0.4, -0.2) is 59.5 Å². The second-order valence-electron chi connectivity index (χ2n) is 8.06. The zero-order valence-electron chi connectivity index (χ0n) is 17.4. The van der Waals surface area contributed by atoms with Gasteiger partial charge >= 0.3 is 0 Å². The number of aromatic nitrogens is 2. The number of nitrogens with two attached hydrogens (primary N) is 1. The number of likely N-dealkylation sites (tertiary alicyclic amines) is 1. The molecular weight excluding hydrogens is 382 g/mol. The van der Waals surface area contributed by atoms with Crippen molar-refractivity contribution in [1.82, 2.24) is 14.9 Å². The van der Waals surface area contributed by atoms with Gasteiger partial charge in [0.1, 0.15) is 0 Å². The van der Waals surface area contributed by atoms with Gasteiger partial charge in [-0.3, -0.25) is 9.59 Å². The predicted molar refractivity (Wildman–Crippen MR) is 114 cm³/mol. The maximum absolute atomic E-state index is 13.1. The van der Waals surface area contributed by atoms with Crippen molar-refractivity contribution >= 4 is 28.7 Å². The van der Waals surface area contributed by atoms with E-state index in [9.17, 15) is 9.59 Å². The predicted octanol–water partition coefficient (Wildman–Crippen LogP) is 1.97. The van der Waals surface area contributed by atoms with Crippen molar-refractivity contribution in [2.45, 2.75) is 32.6 Å². The molecule has 4 rings (SSSR count). The first-order valence-corrected chi connectivity index (χ1v) is 10.8. The molecule has 0 bridgehead atoms. The molecule has 3 heterocycles. The molecule has 30 heavy (non-hydrogen) atoms. The third-order valence-electron chi connectivity index (χ3n) is 6.08. The van der Waals surface area contributed by atoms with Crippen molar-refractivity contribution in [2.24, 2.45) is 17.6 Å². The van der Waals surface area contributed by atoms with Crippen LogP contribution in [0.2, 0.25) is 0 Å². The fourth-order valence-electron chi connectivity index (χ4n) is 4.43. The summed E-state index contributed by atoms with van der Waals surface area (Å²) in [6.07, 6.45) is 3.08. The molecule has 8 heteroatoms. The Morgan fingerprint density at radius 2 is 1.77 bits per heavy atom. The van der Waals surface area contributed by atoms with Crippen LogP contribution in [0.3, 0.4) is 0 Å². The Balaban J connectivity index is 1.50. The van der Waals surface area contributed by atoms with Crippen molar-refractivity contribution in [3.8, 4) is 5.88 Å². The fraction of sp³-hybridized carbons (Fsp3) is 0.545. The van der Waals surface area contributed by atoms with Gasteiger partial charge in [0, 0.05) is 32.1 Å². The highest BCUT2D eigenvalue weighted by molar-refractivity contribution is 5.82. The number of carbonyl (C=O) groups excluding carboxylic acids is 2. The summed E-state index contributed by atoms with van der Waals surface area (Å²) in [7, 11) is 0. The quantitative estimate of drug-likeness (QED) is 0.807. The summed E-state index contributed by atoms with van der Waals surface area (Å²) >= 11 is 0. The summed E-state index contributed by atoms with van der Waals surface area (Å²) < 4.78 is 5.79. The lowest BCUT2D eigenvalue weighted by Crippen LogP contribution is -2.48. The molecule has 0 saturated carbocycles. The largest absolute Gasteiger partial charge is 0.475 e. The minimum atomic E-state index is -0.260. The van der Waals surface area contributed by atoms with Crippen molar-refractivity contribution in [3.05, 3.63) is 24.3 Å². The molecule has 2 aliphatic heterocycles. The van der Waals surface area contributed by atoms with E-state index in [-0.39, 0.29) is 23.7 Å². The van der Waals surface area contributed by atoms with Gasteiger partial charge in [-0.2, -0.15) is 0 Å². The van der Waals surface area contributed by atoms with Crippen molar-refractivity contribution < 1.29 is 14.3 Å². The number of anilines is 1. The third kappa shape index (κ3) is 4.17. The number of rotatable bonds is 5. The molecule has 2 aliphatic rings. The number of para-hydroxylation sites is 2. The minimum absolute atomic E-state index is 0.0911. The SMILES string of the molecule is CCOc1nc2ccccc2nc1N1CCC[C@@H](C(=O)N2CCC(C(N)=O)CC2)C1. The average molecular weight is 412 g/mol. The first-order chi connectivity index (χ1) is 14.6. The van der Waals surface area contributed by atoms with Gasteiger partial charge in [0.25, 0.3) is 5.88 Å². The van der Waals surface area contributed by atoms with Gasteiger partial charge < -0.3 is 20.3 Å². The lowest BCUT2D eigenvalue weighted by Gasteiger charge is -2.38. The Kier molecular flexibility index (Phi) is 6.01. The Morgan fingerprint density at radius 3 is 2.43 bits per heavy atom. The summed E-state index contributed by atoms with van der Waals surface area (Å²) in [4.78, 5) is 38.0. The van der Waals surface area contributed by atoms with E-state index in [0.717, 1.165) is 30.4 Å². The standard InChI is InChI=1S/C22H29N5O3/c1-2-30-21-20(24-17-7-3-4-8-18(17)25-21)27-11-5-6-16(14-27)22(29)26-12-9-15(10-13-26)19(23)28/h3-4,7-8,15-16H,2,5-6,9-14H2,1H3,(H2,23,28)/t16-/m1/s1. The number of carbonyl (C=O) groups is 2. The molecule has 1 aromatic heterocycles. The van der Waals surface area contributed by atoms with Gasteiger partial charge in [-0.15, -0.1) is 0 Å². The summed E-state index contributed by atoms with van der Waals surface area (Å²) in [6.45, 7) is 5.05. The summed E-state index contributed by atoms with van der Waals surface area (Å²) in [5.41, 5.74) is 7.03. The maximum Gasteiger partial charge on any atom is 0.258 e. The number of hydrogen-bond acceptors (Lipinski definition) is 6. The van der Waals surface area contributed by atoms with Crippen molar-refractivity contribution in [1.29, 1.82) is 0 Å². The average Bonchev–Trinajstić information content (AvgIpc) is 2.78. The lowest BCUT2D eigenvalue weighted by atomic mass is 9.92. The van der Waals surface area contributed by atoms with Gasteiger partial charge in [-0.05, 0) is 44.7 Å².